The highest BCUT2D eigenvalue weighted by molar-refractivity contribution is 5.92. The van der Waals surface area contributed by atoms with Crippen molar-refractivity contribution in [3.8, 4) is 0 Å². The Morgan fingerprint density at radius 3 is 2.52 bits per heavy atom. The molecule has 6 heteroatoms. The highest BCUT2D eigenvalue weighted by Crippen LogP contribution is 2.30. The number of nitrogens with zero attached hydrogens (tertiary/aromatic N) is 2. The summed E-state index contributed by atoms with van der Waals surface area (Å²) >= 11 is 0. The van der Waals surface area contributed by atoms with E-state index in [1.54, 1.807) is 12.4 Å². The average molecular weight is 366 g/mol. The quantitative estimate of drug-likeness (QED) is 0.755. The van der Waals surface area contributed by atoms with Gasteiger partial charge in [0.05, 0.1) is 17.3 Å². The van der Waals surface area contributed by atoms with Crippen LogP contribution < -0.4 is 10.6 Å². The van der Waals surface area contributed by atoms with Gasteiger partial charge in [0.15, 0.2) is 0 Å². The number of anilines is 1. The molecule has 1 amide bonds. The summed E-state index contributed by atoms with van der Waals surface area (Å²) in [6.45, 7) is 7.49. The van der Waals surface area contributed by atoms with Crippen LogP contribution in [0, 0.1) is 0 Å². The van der Waals surface area contributed by atoms with Gasteiger partial charge in [-0.2, -0.15) is 0 Å². The Kier molecular flexibility index (Phi) is 5.28. The number of aromatic nitrogens is 2. The van der Waals surface area contributed by atoms with Gasteiger partial charge in [-0.1, -0.05) is 19.9 Å². The van der Waals surface area contributed by atoms with E-state index >= 15 is 0 Å². The molecule has 3 heterocycles. The first-order valence-electron chi connectivity index (χ1n) is 9.27. The second kappa shape index (κ2) is 7.48. The first kappa shape index (κ1) is 19.0. The van der Waals surface area contributed by atoms with Crippen LogP contribution in [-0.2, 0) is 4.79 Å². The van der Waals surface area contributed by atoms with Crippen LogP contribution in [0.25, 0.3) is 16.3 Å². The molecule has 0 radical (unpaired) electrons. The number of amides is 1. The number of dihydropyridines is 1. The molecular formula is C21H26N4O2. The number of fused-ring (bicyclic) bond motifs is 1. The maximum atomic E-state index is 11.2. The molecule has 2 aromatic rings. The Bertz CT molecular complexity index is 929. The zero-order valence-corrected chi connectivity index (χ0v) is 16.2. The van der Waals surface area contributed by atoms with Crippen molar-refractivity contribution < 1.29 is 9.90 Å². The van der Waals surface area contributed by atoms with Crippen LogP contribution in [0.4, 0.5) is 5.82 Å². The van der Waals surface area contributed by atoms with Crippen molar-refractivity contribution in [2.24, 2.45) is 0 Å². The summed E-state index contributed by atoms with van der Waals surface area (Å²) in [7, 11) is 0. The largest absolute Gasteiger partial charge is 0.387 e. The molecule has 0 fully saturated rings. The average Bonchev–Trinajstić information content (AvgIpc) is 2.66. The number of rotatable bonds is 5. The lowest BCUT2D eigenvalue weighted by molar-refractivity contribution is -0.114. The summed E-state index contributed by atoms with van der Waals surface area (Å²) in [5.41, 5.74) is 2.15. The van der Waals surface area contributed by atoms with Gasteiger partial charge >= 0.3 is 0 Å². The molecule has 1 atom stereocenters. The van der Waals surface area contributed by atoms with Crippen molar-refractivity contribution in [3.63, 3.8) is 0 Å². The van der Waals surface area contributed by atoms with E-state index in [2.05, 4.69) is 26.7 Å². The Hall–Kier alpha value is -2.73. The van der Waals surface area contributed by atoms with E-state index in [0.717, 1.165) is 27.6 Å². The SMILES string of the molecule is CCC(O)(CC)C1C=C(C)C(c2cc3cnc(NC(C)=O)cc3cn2)=CN1. The zero-order chi connectivity index (χ0) is 19.6. The fraction of sp³-hybridized carbons (Fsp3) is 0.381. The predicted molar refractivity (Wildman–Crippen MR) is 108 cm³/mol. The third-order valence-corrected chi connectivity index (χ3v) is 5.24. The molecule has 0 bridgehead atoms. The molecule has 3 rings (SSSR count). The van der Waals surface area contributed by atoms with Gasteiger partial charge in [-0.05, 0) is 37.5 Å². The number of allylic oxidation sites excluding steroid dienone is 2. The summed E-state index contributed by atoms with van der Waals surface area (Å²) < 4.78 is 0. The van der Waals surface area contributed by atoms with Gasteiger partial charge in [-0.25, -0.2) is 4.98 Å². The number of hydrogen-bond donors (Lipinski definition) is 3. The molecule has 3 N–H and O–H groups in total. The Morgan fingerprint density at radius 2 is 1.89 bits per heavy atom. The second-order valence-electron chi connectivity index (χ2n) is 7.03. The Balaban J connectivity index is 1.88. The van der Waals surface area contributed by atoms with Gasteiger partial charge in [0.2, 0.25) is 5.91 Å². The number of nitrogens with one attached hydrogen (secondary N) is 2. The van der Waals surface area contributed by atoms with Crippen molar-refractivity contribution >= 4 is 28.1 Å². The lowest BCUT2D eigenvalue weighted by Crippen LogP contribution is -2.48. The fourth-order valence-electron chi connectivity index (χ4n) is 3.38. The molecule has 0 spiro atoms. The number of pyridine rings is 2. The lowest BCUT2D eigenvalue weighted by atomic mass is 9.85. The smallest absolute Gasteiger partial charge is 0.222 e. The molecule has 1 unspecified atom stereocenters. The van der Waals surface area contributed by atoms with E-state index in [-0.39, 0.29) is 11.9 Å². The van der Waals surface area contributed by atoms with Crippen LogP contribution in [0.3, 0.4) is 0 Å². The third kappa shape index (κ3) is 3.85. The van der Waals surface area contributed by atoms with E-state index in [1.165, 1.54) is 6.92 Å². The number of carbonyl (C=O) groups excluding carboxylic acids is 1. The van der Waals surface area contributed by atoms with E-state index in [4.69, 9.17) is 0 Å². The van der Waals surface area contributed by atoms with E-state index in [1.807, 2.05) is 39.1 Å². The Morgan fingerprint density at radius 1 is 1.22 bits per heavy atom. The van der Waals surface area contributed by atoms with Crippen molar-refractivity contribution in [3.05, 3.63) is 48.1 Å². The molecule has 6 nitrogen and oxygen atoms in total. The summed E-state index contributed by atoms with van der Waals surface area (Å²) in [6, 6.07) is 3.68. The molecule has 27 heavy (non-hydrogen) atoms. The van der Waals surface area contributed by atoms with Crippen molar-refractivity contribution in [1.29, 1.82) is 0 Å². The van der Waals surface area contributed by atoms with Crippen LogP contribution in [0.1, 0.15) is 46.2 Å². The molecule has 0 saturated heterocycles. The predicted octanol–water partition coefficient (Wildman–Crippen LogP) is 3.40. The van der Waals surface area contributed by atoms with Crippen LogP contribution in [0.5, 0.6) is 0 Å². The van der Waals surface area contributed by atoms with Crippen LogP contribution in [-0.4, -0.2) is 32.6 Å². The molecule has 0 aromatic carbocycles. The molecule has 142 valence electrons. The van der Waals surface area contributed by atoms with Crippen molar-refractivity contribution in [1.82, 2.24) is 15.3 Å². The molecule has 0 aliphatic carbocycles. The number of hydrogen-bond acceptors (Lipinski definition) is 5. The molecule has 0 saturated carbocycles. The van der Waals surface area contributed by atoms with E-state index < -0.39 is 5.60 Å². The second-order valence-corrected chi connectivity index (χ2v) is 7.03. The van der Waals surface area contributed by atoms with Crippen molar-refractivity contribution in [2.45, 2.75) is 52.2 Å². The van der Waals surface area contributed by atoms with Gasteiger partial charge < -0.3 is 15.7 Å². The minimum atomic E-state index is -0.760. The van der Waals surface area contributed by atoms with Gasteiger partial charge in [-0.3, -0.25) is 9.78 Å². The van der Waals surface area contributed by atoms with E-state index in [0.29, 0.717) is 18.7 Å². The minimum absolute atomic E-state index is 0.112. The first-order valence-corrected chi connectivity index (χ1v) is 9.27. The van der Waals surface area contributed by atoms with E-state index in [9.17, 15) is 9.90 Å². The topological polar surface area (TPSA) is 87.1 Å². The van der Waals surface area contributed by atoms with Gasteiger partial charge in [-0.15, -0.1) is 0 Å². The number of carbonyl (C=O) groups is 1. The van der Waals surface area contributed by atoms with Gasteiger partial charge in [0.25, 0.3) is 0 Å². The maximum absolute atomic E-state index is 11.2. The third-order valence-electron chi connectivity index (χ3n) is 5.24. The maximum Gasteiger partial charge on any atom is 0.222 e. The monoisotopic (exact) mass is 366 g/mol. The summed E-state index contributed by atoms with van der Waals surface area (Å²) in [5, 5.41) is 18.6. The molecule has 2 aromatic heterocycles. The molecule has 1 aliphatic rings. The molecular weight excluding hydrogens is 340 g/mol. The summed E-state index contributed by atoms with van der Waals surface area (Å²) in [4.78, 5) is 20.0. The minimum Gasteiger partial charge on any atom is -0.387 e. The fourth-order valence-corrected chi connectivity index (χ4v) is 3.38. The molecule has 1 aliphatic heterocycles. The lowest BCUT2D eigenvalue weighted by Gasteiger charge is -2.35. The summed E-state index contributed by atoms with van der Waals surface area (Å²) in [6.07, 6.45) is 8.90. The Labute approximate surface area is 159 Å². The van der Waals surface area contributed by atoms with Crippen LogP contribution in [0.15, 0.2) is 42.4 Å². The highest BCUT2D eigenvalue weighted by Gasteiger charge is 2.33. The zero-order valence-electron chi connectivity index (χ0n) is 16.2. The summed E-state index contributed by atoms with van der Waals surface area (Å²) in [5.74, 6) is 0.361. The normalized spacial score (nSPS) is 17.1. The van der Waals surface area contributed by atoms with Crippen molar-refractivity contribution in [2.75, 3.05) is 5.32 Å². The van der Waals surface area contributed by atoms with Gasteiger partial charge in [0, 0.05) is 41.9 Å². The number of aliphatic hydroxyl groups is 1. The highest BCUT2D eigenvalue weighted by atomic mass is 16.3. The van der Waals surface area contributed by atoms with Crippen LogP contribution >= 0.6 is 0 Å². The van der Waals surface area contributed by atoms with Gasteiger partial charge in [0.1, 0.15) is 5.82 Å². The standard InChI is InChI=1S/C21H26N4O2/c1-5-21(27,6-2)19-7-13(3)17(12-23-19)18-8-15-11-24-20(25-14(4)26)9-16(15)10-22-18/h7-12,19,23,27H,5-6H2,1-4H3,(H,24,25,26). The first-order chi connectivity index (χ1) is 12.9. The van der Waals surface area contributed by atoms with Crippen LogP contribution in [0.2, 0.25) is 0 Å².